The van der Waals surface area contributed by atoms with Crippen molar-refractivity contribution in [3.8, 4) is 0 Å². The quantitative estimate of drug-likeness (QED) is 0.858. The Bertz CT molecular complexity index is 468. The molecule has 2 heterocycles. The maximum Gasteiger partial charge on any atom is 0.239 e. The lowest BCUT2D eigenvalue weighted by Crippen LogP contribution is -2.54. The highest BCUT2D eigenvalue weighted by Crippen LogP contribution is 2.21. The number of amides is 1. The summed E-state index contributed by atoms with van der Waals surface area (Å²) < 4.78 is 0. The lowest BCUT2D eigenvalue weighted by atomic mass is 10.2. The van der Waals surface area contributed by atoms with Crippen LogP contribution in [0, 0.1) is 0 Å². The number of nitrogens with two attached hydrogens (primary N) is 1. The van der Waals surface area contributed by atoms with Gasteiger partial charge in [-0.1, -0.05) is 0 Å². The zero-order valence-corrected chi connectivity index (χ0v) is 12.4. The van der Waals surface area contributed by atoms with Crippen LogP contribution in [0.3, 0.4) is 0 Å². The van der Waals surface area contributed by atoms with Gasteiger partial charge in [-0.3, -0.25) is 9.69 Å². The van der Waals surface area contributed by atoms with E-state index in [1.807, 2.05) is 19.1 Å². The Hall–Kier alpha value is -1.82. The minimum absolute atomic E-state index is 0.0757. The molecule has 0 spiro atoms. The molecule has 20 heavy (non-hydrogen) atoms. The third-order valence-corrected chi connectivity index (χ3v) is 3.78. The first-order chi connectivity index (χ1) is 9.50. The fraction of sp³-hybridized carbons (Fsp3) is 0.571. The van der Waals surface area contributed by atoms with E-state index in [1.165, 1.54) is 0 Å². The molecule has 0 aromatic carbocycles. The van der Waals surface area contributed by atoms with Crippen LogP contribution in [-0.4, -0.2) is 67.0 Å². The van der Waals surface area contributed by atoms with E-state index in [2.05, 4.69) is 14.8 Å². The highest BCUT2D eigenvalue weighted by molar-refractivity contribution is 5.81. The summed E-state index contributed by atoms with van der Waals surface area (Å²) in [6.45, 7) is 5.33. The maximum absolute atomic E-state index is 12.0. The number of likely N-dealkylation sites (N-methyl/N-ethyl adjacent to an activating group) is 1. The van der Waals surface area contributed by atoms with Crippen molar-refractivity contribution in [2.75, 3.05) is 50.9 Å². The summed E-state index contributed by atoms with van der Waals surface area (Å²) in [5.74, 6) is 0.995. The number of aromatic nitrogens is 1. The maximum atomic E-state index is 12.0. The van der Waals surface area contributed by atoms with E-state index in [1.54, 1.807) is 25.2 Å². The van der Waals surface area contributed by atoms with Crippen molar-refractivity contribution in [3.05, 3.63) is 18.3 Å². The molecule has 2 N–H and O–H groups in total. The number of hydrogen-bond donors (Lipinski definition) is 1. The smallest absolute Gasteiger partial charge is 0.239 e. The van der Waals surface area contributed by atoms with E-state index < -0.39 is 0 Å². The molecule has 1 aliphatic heterocycles. The fourth-order valence-electron chi connectivity index (χ4n) is 2.52. The van der Waals surface area contributed by atoms with Gasteiger partial charge in [-0.15, -0.1) is 0 Å². The first-order valence-corrected chi connectivity index (χ1v) is 6.91. The number of piperazine rings is 1. The molecule has 6 heteroatoms. The Morgan fingerprint density at radius 3 is 2.55 bits per heavy atom. The highest BCUT2D eigenvalue weighted by atomic mass is 16.2. The van der Waals surface area contributed by atoms with Gasteiger partial charge < -0.3 is 15.5 Å². The molecule has 1 aromatic heterocycles. The van der Waals surface area contributed by atoms with Gasteiger partial charge in [0, 0.05) is 46.5 Å². The molecule has 0 saturated carbocycles. The van der Waals surface area contributed by atoms with Crippen LogP contribution < -0.4 is 10.6 Å². The van der Waals surface area contributed by atoms with Crippen molar-refractivity contribution in [2.45, 2.75) is 13.0 Å². The number of anilines is 2. The SMILES string of the molecule is CC(C(=O)N(C)C)N1CCN(c2ncccc2N)CC1. The standard InChI is InChI=1S/C14H23N5O/c1-11(14(20)17(2)3)18-7-9-19(10-8-18)13-12(15)5-4-6-16-13/h4-6,11H,7-10,15H2,1-3H3. The van der Waals surface area contributed by atoms with Crippen LogP contribution in [0.25, 0.3) is 0 Å². The van der Waals surface area contributed by atoms with Gasteiger partial charge in [-0.25, -0.2) is 4.98 Å². The van der Waals surface area contributed by atoms with Crippen molar-refractivity contribution in [2.24, 2.45) is 0 Å². The van der Waals surface area contributed by atoms with Crippen LogP contribution in [0.1, 0.15) is 6.92 Å². The zero-order valence-electron chi connectivity index (χ0n) is 12.4. The van der Waals surface area contributed by atoms with Crippen LogP contribution >= 0.6 is 0 Å². The first-order valence-electron chi connectivity index (χ1n) is 6.91. The molecule has 110 valence electrons. The van der Waals surface area contributed by atoms with E-state index in [0.717, 1.165) is 32.0 Å². The summed E-state index contributed by atoms with van der Waals surface area (Å²) in [5.41, 5.74) is 6.66. The third kappa shape index (κ3) is 3.01. The Morgan fingerprint density at radius 2 is 2.00 bits per heavy atom. The number of nitrogens with zero attached hydrogens (tertiary/aromatic N) is 4. The predicted octanol–water partition coefficient (Wildman–Crippen LogP) is 0.263. The van der Waals surface area contributed by atoms with Crippen molar-refractivity contribution in [1.82, 2.24) is 14.8 Å². The summed E-state index contributed by atoms with van der Waals surface area (Å²) in [5, 5.41) is 0. The second-order valence-corrected chi connectivity index (χ2v) is 5.35. The third-order valence-electron chi connectivity index (χ3n) is 3.78. The minimum atomic E-state index is -0.0757. The Morgan fingerprint density at radius 1 is 1.35 bits per heavy atom. The fourth-order valence-corrected chi connectivity index (χ4v) is 2.52. The normalized spacial score (nSPS) is 17.9. The molecule has 6 nitrogen and oxygen atoms in total. The number of carbonyl (C=O) groups excluding carboxylic acids is 1. The monoisotopic (exact) mass is 277 g/mol. The van der Waals surface area contributed by atoms with Crippen LogP contribution in [-0.2, 0) is 4.79 Å². The number of nitrogen functional groups attached to an aromatic ring is 1. The largest absolute Gasteiger partial charge is 0.396 e. The molecule has 1 atom stereocenters. The minimum Gasteiger partial charge on any atom is -0.396 e. The second kappa shape index (κ2) is 6.09. The van der Waals surface area contributed by atoms with E-state index in [9.17, 15) is 4.79 Å². The molecule has 0 aliphatic carbocycles. The van der Waals surface area contributed by atoms with Crippen molar-refractivity contribution in [3.63, 3.8) is 0 Å². The number of pyridine rings is 1. The summed E-state index contributed by atoms with van der Waals surface area (Å²) in [7, 11) is 3.59. The van der Waals surface area contributed by atoms with Crippen molar-refractivity contribution in [1.29, 1.82) is 0 Å². The van der Waals surface area contributed by atoms with Gasteiger partial charge in [0.05, 0.1) is 11.7 Å². The molecule has 1 aromatic rings. The summed E-state index contributed by atoms with van der Waals surface area (Å²) in [6, 6.07) is 3.63. The van der Waals surface area contributed by atoms with Crippen molar-refractivity contribution >= 4 is 17.4 Å². The lowest BCUT2D eigenvalue weighted by molar-refractivity contribution is -0.133. The van der Waals surface area contributed by atoms with E-state index in [0.29, 0.717) is 5.69 Å². The van der Waals surface area contributed by atoms with Crippen LogP contribution in [0.15, 0.2) is 18.3 Å². The molecule has 1 amide bonds. The van der Waals surface area contributed by atoms with E-state index in [4.69, 9.17) is 5.73 Å². The molecular weight excluding hydrogens is 254 g/mol. The second-order valence-electron chi connectivity index (χ2n) is 5.35. The molecule has 1 saturated heterocycles. The molecule has 0 bridgehead atoms. The van der Waals surface area contributed by atoms with Gasteiger partial charge in [0.1, 0.15) is 0 Å². The molecular formula is C14H23N5O. The van der Waals surface area contributed by atoms with Crippen molar-refractivity contribution < 1.29 is 4.79 Å². The Labute approximate surface area is 120 Å². The average Bonchev–Trinajstić information content (AvgIpc) is 2.46. The predicted molar refractivity (Wildman–Crippen MR) is 80.6 cm³/mol. The van der Waals surface area contributed by atoms with Gasteiger partial charge in [0.15, 0.2) is 5.82 Å². The number of hydrogen-bond acceptors (Lipinski definition) is 5. The van der Waals surface area contributed by atoms with E-state index >= 15 is 0 Å². The lowest BCUT2D eigenvalue weighted by Gasteiger charge is -2.38. The molecule has 1 unspecified atom stereocenters. The van der Waals surface area contributed by atoms with Gasteiger partial charge in [-0.2, -0.15) is 0 Å². The van der Waals surface area contributed by atoms with Gasteiger partial charge in [-0.05, 0) is 19.1 Å². The molecule has 0 radical (unpaired) electrons. The van der Waals surface area contributed by atoms with Gasteiger partial charge in [0.2, 0.25) is 5.91 Å². The van der Waals surface area contributed by atoms with Gasteiger partial charge >= 0.3 is 0 Å². The first kappa shape index (κ1) is 14.6. The Balaban J connectivity index is 1.96. The average molecular weight is 277 g/mol. The zero-order chi connectivity index (χ0) is 14.7. The summed E-state index contributed by atoms with van der Waals surface area (Å²) >= 11 is 0. The molecule has 2 rings (SSSR count). The topological polar surface area (TPSA) is 65.7 Å². The summed E-state index contributed by atoms with van der Waals surface area (Å²) in [6.07, 6.45) is 1.76. The molecule has 1 aliphatic rings. The number of carbonyl (C=O) groups is 1. The Kier molecular flexibility index (Phi) is 4.44. The number of rotatable bonds is 3. The van der Waals surface area contributed by atoms with Gasteiger partial charge in [0.25, 0.3) is 0 Å². The van der Waals surface area contributed by atoms with Crippen LogP contribution in [0.4, 0.5) is 11.5 Å². The highest BCUT2D eigenvalue weighted by Gasteiger charge is 2.27. The van der Waals surface area contributed by atoms with E-state index in [-0.39, 0.29) is 11.9 Å². The van der Waals surface area contributed by atoms with Crippen LogP contribution in [0.5, 0.6) is 0 Å². The molecule has 1 fully saturated rings. The summed E-state index contributed by atoms with van der Waals surface area (Å²) in [4.78, 5) is 22.4. The van der Waals surface area contributed by atoms with Crippen LogP contribution in [0.2, 0.25) is 0 Å².